The molecule has 0 atom stereocenters. The number of hydrogen-bond acceptors (Lipinski definition) is 0. The van der Waals surface area contributed by atoms with Crippen molar-refractivity contribution in [2.45, 2.75) is 0 Å². The first-order chi connectivity index (χ1) is 26.8. The van der Waals surface area contributed by atoms with Gasteiger partial charge in [0.1, 0.15) is 0 Å². The van der Waals surface area contributed by atoms with Crippen molar-refractivity contribution in [2.24, 2.45) is 0 Å². The molecule has 2 nitrogen and oxygen atoms in total. The number of aromatic nitrogens is 2. The minimum atomic E-state index is 1.14. The lowest BCUT2D eigenvalue weighted by molar-refractivity contribution is 1.18. The predicted molar refractivity (Wildman–Crippen MR) is 229 cm³/mol. The van der Waals surface area contributed by atoms with E-state index in [1.54, 1.807) is 0 Å². The molecule has 0 spiro atoms. The molecule has 0 saturated heterocycles. The average Bonchev–Trinajstić information content (AvgIpc) is 3.78. The molecule has 9 aromatic carbocycles. The van der Waals surface area contributed by atoms with E-state index in [-0.39, 0.29) is 0 Å². The number of rotatable bonds is 5. The van der Waals surface area contributed by atoms with Crippen LogP contribution in [0.2, 0.25) is 0 Å². The summed E-state index contributed by atoms with van der Waals surface area (Å²) in [6.45, 7) is 0. The van der Waals surface area contributed by atoms with Gasteiger partial charge in [0.05, 0.1) is 22.1 Å². The normalized spacial score (nSPS) is 11.7. The molecule has 11 rings (SSSR count). The van der Waals surface area contributed by atoms with Gasteiger partial charge in [0.2, 0.25) is 0 Å². The van der Waals surface area contributed by atoms with Gasteiger partial charge in [-0.3, -0.25) is 0 Å². The van der Waals surface area contributed by atoms with Gasteiger partial charge in [0.15, 0.2) is 0 Å². The maximum Gasteiger partial charge on any atom is 0.0620 e. The van der Waals surface area contributed by atoms with Crippen molar-refractivity contribution in [3.05, 3.63) is 206 Å². The molecule has 0 bridgehead atoms. The molecule has 0 radical (unpaired) electrons. The van der Waals surface area contributed by atoms with Crippen molar-refractivity contribution in [2.75, 3.05) is 0 Å². The van der Waals surface area contributed by atoms with Gasteiger partial charge in [0, 0.05) is 43.7 Å². The van der Waals surface area contributed by atoms with E-state index in [1.165, 1.54) is 87.8 Å². The van der Waals surface area contributed by atoms with E-state index in [9.17, 15) is 0 Å². The molecule has 2 aromatic heterocycles. The Morgan fingerprint density at radius 1 is 0.222 bits per heavy atom. The van der Waals surface area contributed by atoms with Crippen LogP contribution < -0.4 is 0 Å². The summed E-state index contributed by atoms with van der Waals surface area (Å²) in [6, 6.07) is 75.2. The molecule has 0 aliphatic rings. The fourth-order valence-corrected chi connectivity index (χ4v) is 8.65. The maximum absolute atomic E-state index is 2.48. The monoisotopic (exact) mass is 686 g/mol. The first-order valence-electron chi connectivity index (χ1n) is 18.6. The molecular formula is C52H34N2. The summed E-state index contributed by atoms with van der Waals surface area (Å²) in [5.41, 5.74) is 14.4. The summed E-state index contributed by atoms with van der Waals surface area (Å²) in [5.74, 6) is 0. The lowest BCUT2D eigenvalue weighted by atomic mass is 9.93. The second-order valence-electron chi connectivity index (χ2n) is 14.1. The predicted octanol–water partition coefficient (Wildman–Crippen LogP) is 14.0. The minimum absolute atomic E-state index is 1.14. The Bertz CT molecular complexity index is 3130. The first kappa shape index (κ1) is 30.5. The lowest BCUT2D eigenvalue weighted by Crippen LogP contribution is -1.97. The van der Waals surface area contributed by atoms with Crippen LogP contribution in [0.25, 0.3) is 99.1 Å². The number of benzene rings is 9. The van der Waals surface area contributed by atoms with Crippen LogP contribution in [0.1, 0.15) is 0 Å². The van der Waals surface area contributed by atoms with Gasteiger partial charge < -0.3 is 9.13 Å². The molecule has 0 fully saturated rings. The van der Waals surface area contributed by atoms with E-state index >= 15 is 0 Å². The molecule has 2 heterocycles. The highest BCUT2D eigenvalue weighted by molar-refractivity contribution is 6.26. The quantitative estimate of drug-likeness (QED) is 0.171. The largest absolute Gasteiger partial charge is 0.309 e. The second kappa shape index (κ2) is 12.2. The zero-order valence-electron chi connectivity index (χ0n) is 29.5. The molecule has 0 amide bonds. The van der Waals surface area contributed by atoms with Gasteiger partial charge in [0.25, 0.3) is 0 Å². The zero-order chi connectivity index (χ0) is 35.6. The summed E-state index contributed by atoms with van der Waals surface area (Å²) in [4.78, 5) is 0. The van der Waals surface area contributed by atoms with Crippen molar-refractivity contribution < 1.29 is 0 Å². The molecule has 0 aliphatic carbocycles. The van der Waals surface area contributed by atoms with E-state index in [1.807, 2.05) is 0 Å². The van der Waals surface area contributed by atoms with E-state index < -0.39 is 0 Å². The van der Waals surface area contributed by atoms with Crippen LogP contribution in [-0.4, -0.2) is 9.13 Å². The van der Waals surface area contributed by atoms with Crippen LogP contribution in [0, 0.1) is 0 Å². The second-order valence-corrected chi connectivity index (χ2v) is 14.1. The number of nitrogens with zero attached hydrogens (tertiary/aromatic N) is 2. The number of para-hydroxylation sites is 3. The first-order valence-corrected chi connectivity index (χ1v) is 18.6. The topological polar surface area (TPSA) is 9.86 Å². The average molecular weight is 687 g/mol. The lowest BCUT2D eigenvalue weighted by Gasteiger charge is -2.15. The molecule has 2 heteroatoms. The maximum atomic E-state index is 2.48. The highest BCUT2D eigenvalue weighted by Crippen LogP contribution is 2.42. The van der Waals surface area contributed by atoms with Crippen LogP contribution in [0.4, 0.5) is 0 Å². The van der Waals surface area contributed by atoms with E-state index in [0.29, 0.717) is 0 Å². The van der Waals surface area contributed by atoms with E-state index in [4.69, 9.17) is 0 Å². The fourth-order valence-electron chi connectivity index (χ4n) is 8.65. The molecule has 0 unspecified atom stereocenters. The Labute approximate surface area is 313 Å². The fraction of sp³-hybridized carbons (Fsp3) is 0. The summed E-state index contributed by atoms with van der Waals surface area (Å²) in [7, 11) is 0. The smallest absolute Gasteiger partial charge is 0.0620 e. The summed E-state index contributed by atoms with van der Waals surface area (Å²) in [5, 5.41) is 7.50. The van der Waals surface area contributed by atoms with Gasteiger partial charge in [-0.05, 0) is 88.0 Å². The van der Waals surface area contributed by atoms with Crippen molar-refractivity contribution in [1.29, 1.82) is 0 Å². The standard InChI is InChI=1S/C52H34N2/c1-4-15-35(16-5-1)38-31-39(36-17-6-2-7-18-36)33-40(32-38)37-19-14-22-42(34-37)54-50-26-13-11-24-44(50)46-28-29-47-48(52(46)54)30-27-45-43-23-10-12-25-49(43)53(51(45)47)41-20-8-3-9-21-41/h1-34H. The number of fused-ring (bicyclic) bond motifs is 9. The molecule has 11 aromatic rings. The zero-order valence-corrected chi connectivity index (χ0v) is 29.5. The van der Waals surface area contributed by atoms with Gasteiger partial charge >= 0.3 is 0 Å². The molecule has 252 valence electrons. The van der Waals surface area contributed by atoms with Crippen LogP contribution in [0.15, 0.2) is 206 Å². The third-order valence-electron chi connectivity index (χ3n) is 11.1. The molecule has 0 aliphatic heterocycles. The highest BCUT2D eigenvalue weighted by atomic mass is 15.0. The summed E-state index contributed by atoms with van der Waals surface area (Å²) in [6.07, 6.45) is 0. The Hall–Kier alpha value is -7.16. The number of hydrogen-bond donors (Lipinski definition) is 0. The van der Waals surface area contributed by atoms with Crippen molar-refractivity contribution in [1.82, 2.24) is 9.13 Å². The van der Waals surface area contributed by atoms with Crippen molar-refractivity contribution in [3.63, 3.8) is 0 Å². The summed E-state index contributed by atoms with van der Waals surface area (Å²) < 4.78 is 4.92. The third kappa shape index (κ3) is 4.74. The van der Waals surface area contributed by atoms with Gasteiger partial charge in [-0.1, -0.05) is 152 Å². The van der Waals surface area contributed by atoms with Gasteiger partial charge in [-0.15, -0.1) is 0 Å². The Morgan fingerprint density at radius 2 is 0.593 bits per heavy atom. The van der Waals surface area contributed by atoms with Crippen LogP contribution in [-0.2, 0) is 0 Å². The van der Waals surface area contributed by atoms with Crippen LogP contribution >= 0.6 is 0 Å². The SMILES string of the molecule is c1ccc(-c2cc(-c3ccccc3)cc(-c3cccc(-n4c5ccccc5c5ccc6c(ccc7c8ccccc8n(-c8ccccc8)c76)c54)c3)c2)cc1. The Morgan fingerprint density at radius 3 is 1.11 bits per heavy atom. The minimum Gasteiger partial charge on any atom is -0.309 e. The molecule has 0 saturated carbocycles. The Balaban J connectivity index is 1.18. The van der Waals surface area contributed by atoms with E-state index in [0.717, 1.165) is 11.4 Å². The van der Waals surface area contributed by atoms with Crippen LogP contribution in [0.3, 0.4) is 0 Å². The molecule has 54 heavy (non-hydrogen) atoms. The van der Waals surface area contributed by atoms with Crippen molar-refractivity contribution in [3.8, 4) is 44.8 Å². The van der Waals surface area contributed by atoms with Gasteiger partial charge in [-0.25, -0.2) is 0 Å². The highest BCUT2D eigenvalue weighted by Gasteiger charge is 2.20. The van der Waals surface area contributed by atoms with E-state index in [2.05, 4.69) is 215 Å². The van der Waals surface area contributed by atoms with Gasteiger partial charge in [-0.2, -0.15) is 0 Å². The molecular weight excluding hydrogens is 653 g/mol. The van der Waals surface area contributed by atoms with Crippen LogP contribution in [0.5, 0.6) is 0 Å². The third-order valence-corrected chi connectivity index (χ3v) is 11.1. The van der Waals surface area contributed by atoms with Crippen molar-refractivity contribution >= 4 is 54.4 Å². The Kier molecular flexibility index (Phi) is 6.90. The summed E-state index contributed by atoms with van der Waals surface area (Å²) >= 11 is 0. The molecule has 0 N–H and O–H groups in total.